The third-order valence-corrected chi connectivity index (χ3v) is 8.01. The van der Waals surface area contributed by atoms with Crippen molar-refractivity contribution < 1.29 is 18.0 Å². The van der Waals surface area contributed by atoms with Gasteiger partial charge in [-0.2, -0.15) is 0 Å². The molecule has 2 aliphatic heterocycles. The summed E-state index contributed by atoms with van der Waals surface area (Å²) in [4.78, 5) is 29.5. The van der Waals surface area contributed by atoms with Crippen LogP contribution in [-0.2, 0) is 21.2 Å². The van der Waals surface area contributed by atoms with Crippen molar-refractivity contribution in [1.29, 1.82) is 0 Å². The number of fused-ring (bicyclic) bond motifs is 1. The molecule has 2 heterocycles. The molecule has 2 amide bonds. The summed E-state index contributed by atoms with van der Waals surface area (Å²) in [6, 6.07) is 11.0. The van der Waals surface area contributed by atoms with Crippen molar-refractivity contribution in [2.24, 2.45) is 0 Å². The molecule has 0 bridgehead atoms. The first-order valence-electron chi connectivity index (χ1n) is 11.5. The Morgan fingerprint density at radius 1 is 1.06 bits per heavy atom. The number of amides is 2. The van der Waals surface area contributed by atoms with Crippen LogP contribution in [0.5, 0.6) is 0 Å². The summed E-state index contributed by atoms with van der Waals surface area (Å²) in [6.07, 6.45) is 1.80. The van der Waals surface area contributed by atoms with Crippen LogP contribution in [0.2, 0.25) is 0 Å². The van der Waals surface area contributed by atoms with Gasteiger partial charge in [0.25, 0.3) is 5.91 Å². The fourth-order valence-electron chi connectivity index (χ4n) is 4.81. The number of carbonyl (C=O) groups is 2. The normalized spacial score (nSPS) is 18.6. The van der Waals surface area contributed by atoms with E-state index in [2.05, 4.69) is 10.2 Å². The second-order valence-corrected chi connectivity index (χ2v) is 11.2. The first kappa shape index (κ1) is 24.2. The lowest BCUT2D eigenvalue weighted by atomic mass is 10.1. The zero-order chi connectivity index (χ0) is 24.6. The summed E-state index contributed by atoms with van der Waals surface area (Å²) >= 11 is 0. The average Bonchev–Trinajstić information content (AvgIpc) is 3.12. The highest BCUT2D eigenvalue weighted by molar-refractivity contribution is 7.92. The molecule has 1 saturated heterocycles. The van der Waals surface area contributed by atoms with Gasteiger partial charge in [0, 0.05) is 43.5 Å². The molecule has 0 radical (unpaired) electrons. The van der Waals surface area contributed by atoms with Gasteiger partial charge in [-0.15, -0.1) is 0 Å². The first-order chi connectivity index (χ1) is 16.0. The zero-order valence-corrected chi connectivity index (χ0v) is 21.0. The predicted molar refractivity (Wildman–Crippen MR) is 134 cm³/mol. The summed E-state index contributed by atoms with van der Waals surface area (Å²) in [7, 11) is -3.36. The number of hydrogen-bond acceptors (Lipinski definition) is 5. The lowest BCUT2D eigenvalue weighted by molar-refractivity contribution is -0.117. The van der Waals surface area contributed by atoms with Crippen LogP contribution in [0.3, 0.4) is 0 Å². The predicted octanol–water partition coefficient (Wildman–Crippen LogP) is 2.41. The Morgan fingerprint density at radius 3 is 2.44 bits per heavy atom. The molecule has 1 fully saturated rings. The van der Waals surface area contributed by atoms with Crippen LogP contribution in [0.25, 0.3) is 0 Å². The van der Waals surface area contributed by atoms with Gasteiger partial charge in [0.2, 0.25) is 15.9 Å². The van der Waals surface area contributed by atoms with E-state index in [1.807, 2.05) is 45.0 Å². The van der Waals surface area contributed by atoms with Gasteiger partial charge in [-0.1, -0.05) is 12.1 Å². The van der Waals surface area contributed by atoms with Gasteiger partial charge in [0.15, 0.2) is 0 Å². The van der Waals surface area contributed by atoms with Gasteiger partial charge in [0.1, 0.15) is 0 Å². The molecule has 2 aliphatic rings. The monoisotopic (exact) mass is 484 g/mol. The molecule has 2 aromatic rings. The third kappa shape index (κ3) is 4.95. The Kier molecular flexibility index (Phi) is 6.69. The van der Waals surface area contributed by atoms with Crippen LogP contribution in [0, 0.1) is 13.8 Å². The fourth-order valence-corrected chi connectivity index (χ4v) is 6.08. The van der Waals surface area contributed by atoms with Crippen molar-refractivity contribution >= 4 is 33.2 Å². The molecule has 1 atom stereocenters. The molecule has 1 N–H and O–H groups in total. The standard InChI is InChI=1S/C25H32N4O4S/c1-17-6-5-7-22(19(17)3)26-24(30)16-27-10-12-28(13-11-27)25(31)20-8-9-23-21(15-20)14-18(2)29(23)34(4,32)33/h5-9,15,18H,10-14,16H2,1-4H3,(H,26,30). The quantitative estimate of drug-likeness (QED) is 0.704. The van der Waals surface area contributed by atoms with E-state index in [9.17, 15) is 18.0 Å². The minimum absolute atomic E-state index is 0.0587. The summed E-state index contributed by atoms with van der Waals surface area (Å²) in [5.41, 5.74) is 5.14. The number of benzene rings is 2. The first-order valence-corrected chi connectivity index (χ1v) is 13.4. The lowest BCUT2D eigenvalue weighted by Gasteiger charge is -2.34. The van der Waals surface area contributed by atoms with Gasteiger partial charge in [0.05, 0.1) is 18.5 Å². The molecule has 182 valence electrons. The topological polar surface area (TPSA) is 90.0 Å². The van der Waals surface area contributed by atoms with Gasteiger partial charge < -0.3 is 10.2 Å². The molecule has 1 unspecified atom stereocenters. The van der Waals surface area contributed by atoms with E-state index in [0.29, 0.717) is 43.9 Å². The highest BCUT2D eigenvalue weighted by atomic mass is 32.2. The molecule has 0 aromatic heterocycles. The number of anilines is 2. The van der Waals surface area contributed by atoms with Crippen LogP contribution in [0.4, 0.5) is 11.4 Å². The van der Waals surface area contributed by atoms with E-state index in [1.54, 1.807) is 17.0 Å². The largest absolute Gasteiger partial charge is 0.336 e. The van der Waals surface area contributed by atoms with E-state index < -0.39 is 10.0 Å². The highest BCUT2D eigenvalue weighted by Crippen LogP contribution is 2.35. The molecule has 8 nitrogen and oxygen atoms in total. The van der Waals surface area contributed by atoms with E-state index in [4.69, 9.17) is 0 Å². The van der Waals surface area contributed by atoms with Gasteiger partial charge in [-0.3, -0.25) is 18.8 Å². The molecule has 0 spiro atoms. The van der Waals surface area contributed by atoms with Gasteiger partial charge >= 0.3 is 0 Å². The molecular weight excluding hydrogens is 452 g/mol. The summed E-state index contributed by atoms with van der Waals surface area (Å²) in [6.45, 7) is 8.49. The third-order valence-electron chi connectivity index (χ3n) is 6.74. The highest BCUT2D eigenvalue weighted by Gasteiger charge is 2.33. The summed E-state index contributed by atoms with van der Waals surface area (Å²) in [5.74, 6) is -0.121. The van der Waals surface area contributed by atoms with Crippen molar-refractivity contribution in [3.63, 3.8) is 0 Å². The van der Waals surface area contributed by atoms with Crippen molar-refractivity contribution in [2.45, 2.75) is 33.2 Å². The SMILES string of the molecule is Cc1cccc(NC(=O)CN2CCN(C(=O)c3ccc4c(c3)CC(C)N4S(C)(=O)=O)CC2)c1C. The number of hydrogen-bond donors (Lipinski definition) is 1. The average molecular weight is 485 g/mol. The minimum atomic E-state index is -3.36. The molecule has 0 saturated carbocycles. The molecular formula is C25H32N4O4S. The van der Waals surface area contributed by atoms with Crippen LogP contribution in [0.1, 0.15) is 34.0 Å². The number of aryl methyl sites for hydroxylation is 1. The number of nitrogens with zero attached hydrogens (tertiary/aromatic N) is 3. The Balaban J connectivity index is 1.34. The molecule has 4 rings (SSSR count). The number of rotatable bonds is 5. The van der Waals surface area contributed by atoms with Crippen molar-refractivity contribution in [1.82, 2.24) is 9.80 Å². The molecule has 34 heavy (non-hydrogen) atoms. The number of piperazine rings is 1. The number of sulfonamides is 1. The number of carbonyl (C=O) groups excluding carboxylic acids is 2. The Bertz CT molecular complexity index is 1220. The van der Waals surface area contributed by atoms with E-state index in [0.717, 1.165) is 22.4 Å². The van der Waals surface area contributed by atoms with Crippen LogP contribution in [-0.4, -0.2) is 75.1 Å². The van der Waals surface area contributed by atoms with Crippen molar-refractivity contribution in [3.8, 4) is 0 Å². The fraction of sp³-hybridized carbons (Fsp3) is 0.440. The Morgan fingerprint density at radius 2 is 1.76 bits per heavy atom. The Labute approximate surface area is 201 Å². The van der Waals surface area contributed by atoms with Crippen molar-refractivity contribution in [2.75, 3.05) is 48.6 Å². The second-order valence-electron chi connectivity index (χ2n) is 9.32. The molecule has 2 aromatic carbocycles. The zero-order valence-electron chi connectivity index (χ0n) is 20.2. The van der Waals surface area contributed by atoms with Crippen LogP contribution < -0.4 is 9.62 Å². The van der Waals surface area contributed by atoms with Gasteiger partial charge in [-0.05, 0) is 68.1 Å². The van der Waals surface area contributed by atoms with Crippen LogP contribution in [0.15, 0.2) is 36.4 Å². The molecule has 9 heteroatoms. The van der Waals surface area contributed by atoms with Gasteiger partial charge in [-0.25, -0.2) is 8.42 Å². The maximum absolute atomic E-state index is 13.1. The second kappa shape index (κ2) is 9.38. The molecule has 0 aliphatic carbocycles. The maximum Gasteiger partial charge on any atom is 0.253 e. The maximum atomic E-state index is 13.1. The Hall–Kier alpha value is -2.91. The van der Waals surface area contributed by atoms with Crippen LogP contribution >= 0.6 is 0 Å². The van der Waals surface area contributed by atoms with E-state index in [-0.39, 0.29) is 24.4 Å². The minimum Gasteiger partial charge on any atom is -0.336 e. The summed E-state index contributed by atoms with van der Waals surface area (Å²) in [5, 5.41) is 2.99. The lowest BCUT2D eigenvalue weighted by Crippen LogP contribution is -2.50. The van der Waals surface area contributed by atoms with E-state index in [1.165, 1.54) is 10.6 Å². The van der Waals surface area contributed by atoms with Crippen molar-refractivity contribution in [3.05, 3.63) is 58.7 Å². The smallest absolute Gasteiger partial charge is 0.253 e. The summed E-state index contributed by atoms with van der Waals surface area (Å²) < 4.78 is 25.7. The number of nitrogens with one attached hydrogen (secondary N) is 1. The van der Waals surface area contributed by atoms with E-state index >= 15 is 0 Å².